The maximum atomic E-state index is 10.8. The Bertz CT molecular complexity index is 200. The van der Waals surface area contributed by atoms with Gasteiger partial charge in [0.05, 0.1) is 11.8 Å². The van der Waals surface area contributed by atoms with Gasteiger partial charge in [-0.15, -0.1) is 0 Å². The van der Waals surface area contributed by atoms with Gasteiger partial charge in [0.1, 0.15) is 0 Å². The lowest BCUT2D eigenvalue weighted by Gasteiger charge is -2.22. The van der Waals surface area contributed by atoms with Crippen molar-refractivity contribution in [2.75, 3.05) is 0 Å². The summed E-state index contributed by atoms with van der Waals surface area (Å²) in [7, 11) is 0. The molecule has 0 bridgehead atoms. The second-order valence-corrected chi connectivity index (χ2v) is 3.54. The number of aliphatic carboxylic acids is 2. The molecular formula is C9H16O4. The first-order valence-corrected chi connectivity index (χ1v) is 4.37. The highest BCUT2D eigenvalue weighted by atomic mass is 16.4. The first kappa shape index (κ1) is 11.9. The van der Waals surface area contributed by atoms with E-state index >= 15 is 0 Å². The third-order valence-electron chi connectivity index (χ3n) is 2.14. The van der Waals surface area contributed by atoms with Crippen LogP contribution in [0.5, 0.6) is 0 Å². The molecule has 0 rings (SSSR count). The van der Waals surface area contributed by atoms with Crippen LogP contribution >= 0.6 is 0 Å². The van der Waals surface area contributed by atoms with Crippen molar-refractivity contribution in [2.45, 2.75) is 39.5 Å². The topological polar surface area (TPSA) is 74.6 Å². The van der Waals surface area contributed by atoms with Crippen LogP contribution in [0.4, 0.5) is 0 Å². The van der Waals surface area contributed by atoms with Gasteiger partial charge < -0.3 is 10.2 Å². The van der Waals surface area contributed by atoms with Crippen LogP contribution < -0.4 is 0 Å². The molecule has 13 heavy (non-hydrogen) atoms. The lowest BCUT2D eigenvalue weighted by Crippen LogP contribution is -2.30. The van der Waals surface area contributed by atoms with E-state index < -0.39 is 17.4 Å². The van der Waals surface area contributed by atoms with E-state index in [1.165, 1.54) is 6.92 Å². The van der Waals surface area contributed by atoms with Gasteiger partial charge in [-0.05, 0) is 13.3 Å². The minimum atomic E-state index is -1.11. The van der Waals surface area contributed by atoms with Crippen LogP contribution in [0.25, 0.3) is 0 Å². The molecule has 0 aliphatic rings. The molecule has 0 aliphatic carbocycles. The molecule has 1 atom stereocenters. The van der Waals surface area contributed by atoms with Gasteiger partial charge in [-0.1, -0.05) is 19.8 Å². The van der Waals surface area contributed by atoms with Crippen molar-refractivity contribution in [3.05, 3.63) is 0 Å². The maximum Gasteiger partial charge on any atom is 0.309 e. The quantitative estimate of drug-likeness (QED) is 0.665. The largest absolute Gasteiger partial charge is 0.481 e. The summed E-state index contributed by atoms with van der Waals surface area (Å²) in [6.07, 6.45) is 1.74. The minimum absolute atomic E-state index is 0.303. The Balaban J connectivity index is 4.34. The standard InChI is InChI=1S/C9H16O4/c1-3-4-5-9(2,8(12)13)6-7(10)11/h3-6H2,1-2H3,(H,10,11)(H,12,13)/t9-/m1/s1. The van der Waals surface area contributed by atoms with Gasteiger partial charge in [0.15, 0.2) is 0 Å². The molecule has 0 saturated heterocycles. The van der Waals surface area contributed by atoms with Crippen LogP contribution in [0, 0.1) is 5.41 Å². The molecule has 0 aromatic heterocycles. The number of hydrogen-bond donors (Lipinski definition) is 2. The SMILES string of the molecule is CCCC[C@](C)(CC(=O)O)C(=O)O. The Morgan fingerprint density at radius 3 is 2.15 bits per heavy atom. The fraction of sp³-hybridized carbons (Fsp3) is 0.778. The molecule has 0 radical (unpaired) electrons. The van der Waals surface area contributed by atoms with Gasteiger partial charge in [-0.2, -0.15) is 0 Å². The van der Waals surface area contributed by atoms with Crippen LogP contribution in [-0.2, 0) is 9.59 Å². The van der Waals surface area contributed by atoms with E-state index in [0.29, 0.717) is 6.42 Å². The summed E-state index contributed by atoms with van der Waals surface area (Å²) in [4.78, 5) is 21.2. The van der Waals surface area contributed by atoms with E-state index in [2.05, 4.69) is 0 Å². The van der Waals surface area contributed by atoms with Gasteiger partial charge in [-0.3, -0.25) is 9.59 Å². The smallest absolute Gasteiger partial charge is 0.309 e. The molecule has 0 aromatic rings. The van der Waals surface area contributed by atoms with Gasteiger partial charge in [0.2, 0.25) is 0 Å². The highest BCUT2D eigenvalue weighted by molar-refractivity contribution is 5.80. The van der Waals surface area contributed by atoms with Crippen molar-refractivity contribution in [3.8, 4) is 0 Å². The van der Waals surface area contributed by atoms with Gasteiger partial charge >= 0.3 is 11.9 Å². The molecule has 4 nitrogen and oxygen atoms in total. The Hall–Kier alpha value is -1.06. The van der Waals surface area contributed by atoms with Gasteiger partial charge in [0, 0.05) is 0 Å². The average molecular weight is 188 g/mol. The predicted octanol–water partition coefficient (Wildman–Crippen LogP) is 1.74. The molecule has 2 N–H and O–H groups in total. The third-order valence-corrected chi connectivity index (χ3v) is 2.14. The first-order chi connectivity index (χ1) is 5.92. The molecule has 0 amide bonds. The summed E-state index contributed by atoms with van der Waals surface area (Å²) >= 11 is 0. The molecule has 76 valence electrons. The second kappa shape index (κ2) is 4.84. The number of hydrogen-bond acceptors (Lipinski definition) is 2. The summed E-state index contributed by atoms with van der Waals surface area (Å²) in [5, 5.41) is 17.4. The fourth-order valence-electron chi connectivity index (χ4n) is 1.17. The highest BCUT2D eigenvalue weighted by Gasteiger charge is 2.34. The molecule has 0 aliphatic heterocycles. The van der Waals surface area contributed by atoms with Crippen molar-refractivity contribution in [2.24, 2.45) is 5.41 Å². The van der Waals surface area contributed by atoms with Crippen LogP contribution in [0.15, 0.2) is 0 Å². The molecule has 0 saturated carbocycles. The van der Waals surface area contributed by atoms with Gasteiger partial charge in [0.25, 0.3) is 0 Å². The molecule has 0 fully saturated rings. The lowest BCUT2D eigenvalue weighted by atomic mass is 9.82. The van der Waals surface area contributed by atoms with E-state index in [1.54, 1.807) is 0 Å². The summed E-state index contributed by atoms with van der Waals surface area (Å²) in [6.45, 7) is 3.43. The molecule has 0 heterocycles. The Morgan fingerprint density at radius 1 is 1.31 bits per heavy atom. The average Bonchev–Trinajstić information content (AvgIpc) is 1.99. The molecule has 0 spiro atoms. The predicted molar refractivity (Wildman–Crippen MR) is 47.5 cm³/mol. The summed E-state index contributed by atoms with van der Waals surface area (Å²) in [5.41, 5.74) is -1.11. The lowest BCUT2D eigenvalue weighted by molar-refractivity contribution is -0.155. The van der Waals surface area contributed by atoms with E-state index in [1.807, 2.05) is 6.92 Å². The highest BCUT2D eigenvalue weighted by Crippen LogP contribution is 2.28. The van der Waals surface area contributed by atoms with E-state index in [-0.39, 0.29) is 6.42 Å². The number of carboxylic acids is 2. The fourth-order valence-corrected chi connectivity index (χ4v) is 1.17. The zero-order valence-corrected chi connectivity index (χ0v) is 8.04. The maximum absolute atomic E-state index is 10.8. The zero-order valence-electron chi connectivity index (χ0n) is 8.04. The van der Waals surface area contributed by atoms with Crippen LogP contribution in [0.1, 0.15) is 39.5 Å². The van der Waals surface area contributed by atoms with E-state index in [9.17, 15) is 9.59 Å². The van der Waals surface area contributed by atoms with Crippen molar-refractivity contribution in [1.29, 1.82) is 0 Å². The van der Waals surface area contributed by atoms with Crippen LogP contribution in [0.2, 0.25) is 0 Å². The van der Waals surface area contributed by atoms with Crippen molar-refractivity contribution in [3.63, 3.8) is 0 Å². The first-order valence-electron chi connectivity index (χ1n) is 4.37. The number of carboxylic acid groups (broad SMARTS) is 2. The monoisotopic (exact) mass is 188 g/mol. The van der Waals surface area contributed by atoms with Crippen LogP contribution in [0.3, 0.4) is 0 Å². The van der Waals surface area contributed by atoms with E-state index in [0.717, 1.165) is 12.8 Å². The summed E-state index contributed by atoms with van der Waals surface area (Å²) in [5.74, 6) is -2.08. The summed E-state index contributed by atoms with van der Waals surface area (Å²) < 4.78 is 0. The summed E-state index contributed by atoms with van der Waals surface area (Å²) in [6, 6.07) is 0. The minimum Gasteiger partial charge on any atom is -0.481 e. The molecular weight excluding hydrogens is 172 g/mol. The Kier molecular flexibility index (Phi) is 4.45. The number of rotatable bonds is 6. The van der Waals surface area contributed by atoms with Gasteiger partial charge in [-0.25, -0.2) is 0 Å². The number of unbranched alkanes of at least 4 members (excludes halogenated alkanes) is 1. The van der Waals surface area contributed by atoms with Crippen molar-refractivity contribution >= 4 is 11.9 Å². The molecule has 0 aromatic carbocycles. The van der Waals surface area contributed by atoms with Crippen LogP contribution in [-0.4, -0.2) is 22.2 Å². The van der Waals surface area contributed by atoms with Crippen molar-refractivity contribution < 1.29 is 19.8 Å². The van der Waals surface area contributed by atoms with E-state index in [4.69, 9.17) is 10.2 Å². The number of carbonyl (C=O) groups is 2. The van der Waals surface area contributed by atoms with Crippen molar-refractivity contribution in [1.82, 2.24) is 0 Å². The normalized spacial score (nSPS) is 14.9. The Morgan fingerprint density at radius 2 is 1.85 bits per heavy atom. The molecule has 0 unspecified atom stereocenters. The zero-order chi connectivity index (χ0) is 10.5. The third kappa shape index (κ3) is 3.92. The molecule has 4 heteroatoms. The Labute approximate surface area is 77.6 Å². The second-order valence-electron chi connectivity index (χ2n) is 3.54.